The first-order valence-electron chi connectivity index (χ1n) is 7.46. The van der Waals surface area contributed by atoms with Gasteiger partial charge >= 0.3 is 6.03 Å². The molecule has 2 aromatic heterocycles. The van der Waals surface area contributed by atoms with Crippen LogP contribution in [0.4, 0.5) is 20.7 Å². The van der Waals surface area contributed by atoms with Crippen molar-refractivity contribution < 1.29 is 9.59 Å². The Labute approximate surface area is 152 Å². The van der Waals surface area contributed by atoms with Gasteiger partial charge in [-0.1, -0.05) is 18.2 Å². The van der Waals surface area contributed by atoms with Gasteiger partial charge in [0.15, 0.2) is 10.3 Å². The van der Waals surface area contributed by atoms with E-state index in [1.54, 1.807) is 23.7 Å². The second-order valence-corrected chi connectivity index (χ2v) is 6.73. The zero-order valence-electron chi connectivity index (χ0n) is 13.1. The standard InChI is InChI=1S/C16H15N5O2S2/c22-13(20-15-17-8-9-24-15)7-6-12-10-25-16(19-12)21-14(23)18-11-4-2-1-3-5-11/h1-5,8-10H,6-7H2,(H,17,20,22)(H2,18,19,21,23). The Kier molecular flexibility index (Phi) is 5.70. The topological polar surface area (TPSA) is 96.0 Å². The maximum absolute atomic E-state index is 11.9. The van der Waals surface area contributed by atoms with E-state index in [-0.39, 0.29) is 11.9 Å². The molecule has 0 saturated heterocycles. The fourth-order valence-corrected chi connectivity index (χ4v) is 3.25. The molecule has 0 unspecified atom stereocenters. The largest absolute Gasteiger partial charge is 0.325 e. The number of urea groups is 1. The van der Waals surface area contributed by atoms with Gasteiger partial charge in [-0.3, -0.25) is 10.1 Å². The number of amides is 3. The van der Waals surface area contributed by atoms with Gasteiger partial charge in [0, 0.05) is 29.1 Å². The molecule has 9 heteroatoms. The van der Waals surface area contributed by atoms with Crippen LogP contribution < -0.4 is 16.0 Å². The lowest BCUT2D eigenvalue weighted by atomic mass is 10.2. The normalized spacial score (nSPS) is 10.2. The Hall–Kier alpha value is -2.78. The molecule has 3 rings (SSSR count). The molecule has 128 valence electrons. The lowest BCUT2D eigenvalue weighted by molar-refractivity contribution is -0.116. The highest BCUT2D eigenvalue weighted by molar-refractivity contribution is 7.14. The van der Waals surface area contributed by atoms with E-state index in [9.17, 15) is 9.59 Å². The molecule has 0 aliphatic rings. The predicted molar refractivity (Wildman–Crippen MR) is 100 cm³/mol. The highest BCUT2D eigenvalue weighted by atomic mass is 32.1. The molecule has 3 amide bonds. The lowest BCUT2D eigenvalue weighted by Crippen LogP contribution is -2.19. The van der Waals surface area contributed by atoms with Crippen molar-refractivity contribution in [2.24, 2.45) is 0 Å². The van der Waals surface area contributed by atoms with E-state index in [1.165, 1.54) is 22.7 Å². The zero-order chi connectivity index (χ0) is 17.5. The number of hydrogen-bond acceptors (Lipinski definition) is 6. The lowest BCUT2D eigenvalue weighted by Gasteiger charge is -2.04. The molecular formula is C16H15N5O2S2. The molecule has 0 saturated carbocycles. The number of anilines is 3. The van der Waals surface area contributed by atoms with Crippen LogP contribution in [0, 0.1) is 0 Å². The van der Waals surface area contributed by atoms with Crippen LogP contribution in [0.1, 0.15) is 12.1 Å². The number of carbonyl (C=O) groups is 2. The molecule has 0 atom stereocenters. The summed E-state index contributed by atoms with van der Waals surface area (Å²) in [5, 5.41) is 12.8. The highest BCUT2D eigenvalue weighted by Crippen LogP contribution is 2.18. The van der Waals surface area contributed by atoms with Crippen molar-refractivity contribution in [2.75, 3.05) is 16.0 Å². The molecule has 3 N–H and O–H groups in total. The number of para-hydroxylation sites is 1. The molecular weight excluding hydrogens is 358 g/mol. The highest BCUT2D eigenvalue weighted by Gasteiger charge is 2.09. The molecule has 0 radical (unpaired) electrons. The van der Waals surface area contributed by atoms with Crippen LogP contribution in [0.25, 0.3) is 0 Å². The monoisotopic (exact) mass is 373 g/mol. The van der Waals surface area contributed by atoms with E-state index in [1.807, 2.05) is 23.6 Å². The van der Waals surface area contributed by atoms with E-state index in [0.717, 1.165) is 5.69 Å². The quantitative estimate of drug-likeness (QED) is 0.612. The van der Waals surface area contributed by atoms with Gasteiger partial charge in [0.25, 0.3) is 0 Å². The molecule has 0 bridgehead atoms. The third-order valence-electron chi connectivity index (χ3n) is 3.09. The van der Waals surface area contributed by atoms with E-state index >= 15 is 0 Å². The number of aromatic nitrogens is 2. The summed E-state index contributed by atoms with van der Waals surface area (Å²) >= 11 is 2.69. The predicted octanol–water partition coefficient (Wildman–Crippen LogP) is 3.81. The summed E-state index contributed by atoms with van der Waals surface area (Å²) in [7, 11) is 0. The van der Waals surface area contributed by atoms with Crippen molar-refractivity contribution in [3.05, 3.63) is 53.0 Å². The summed E-state index contributed by atoms with van der Waals surface area (Å²) in [6.45, 7) is 0. The minimum atomic E-state index is -0.353. The smallest absolute Gasteiger partial charge is 0.308 e. The van der Waals surface area contributed by atoms with Gasteiger partial charge < -0.3 is 10.6 Å². The molecule has 25 heavy (non-hydrogen) atoms. The van der Waals surface area contributed by atoms with Crippen LogP contribution in [0.5, 0.6) is 0 Å². The molecule has 3 aromatic rings. The molecule has 2 heterocycles. The average Bonchev–Trinajstić information content (AvgIpc) is 3.26. The number of thiazole rings is 2. The molecule has 0 fully saturated rings. The fraction of sp³-hybridized carbons (Fsp3) is 0.125. The first kappa shape index (κ1) is 17.1. The van der Waals surface area contributed by atoms with Gasteiger partial charge in [0.2, 0.25) is 5.91 Å². The number of nitrogens with one attached hydrogen (secondary N) is 3. The van der Waals surface area contributed by atoms with Crippen LogP contribution in [0.3, 0.4) is 0 Å². The van der Waals surface area contributed by atoms with Crippen LogP contribution in [-0.2, 0) is 11.2 Å². The van der Waals surface area contributed by atoms with Crippen molar-refractivity contribution in [3.8, 4) is 0 Å². The number of benzene rings is 1. The third-order valence-corrected chi connectivity index (χ3v) is 4.59. The van der Waals surface area contributed by atoms with E-state index in [4.69, 9.17) is 0 Å². The Morgan fingerprint density at radius 1 is 1.00 bits per heavy atom. The van der Waals surface area contributed by atoms with E-state index < -0.39 is 0 Å². The number of aryl methyl sites for hydroxylation is 1. The van der Waals surface area contributed by atoms with Gasteiger partial charge in [-0.2, -0.15) is 0 Å². The van der Waals surface area contributed by atoms with Crippen molar-refractivity contribution in [1.82, 2.24) is 9.97 Å². The number of rotatable bonds is 6. The van der Waals surface area contributed by atoms with Gasteiger partial charge in [0.05, 0.1) is 5.69 Å². The maximum atomic E-state index is 11.9. The molecule has 0 aliphatic carbocycles. The van der Waals surface area contributed by atoms with Crippen molar-refractivity contribution in [1.29, 1.82) is 0 Å². The van der Waals surface area contributed by atoms with Gasteiger partial charge in [0.1, 0.15) is 0 Å². The Morgan fingerprint density at radius 2 is 1.84 bits per heavy atom. The van der Waals surface area contributed by atoms with Crippen LogP contribution >= 0.6 is 22.7 Å². The fourth-order valence-electron chi connectivity index (χ4n) is 1.97. The summed E-state index contributed by atoms with van der Waals surface area (Å²) in [4.78, 5) is 32.0. The van der Waals surface area contributed by atoms with Crippen LogP contribution in [-0.4, -0.2) is 21.9 Å². The number of hydrogen-bond donors (Lipinski definition) is 3. The van der Waals surface area contributed by atoms with Crippen molar-refractivity contribution >= 4 is 50.6 Å². The second-order valence-electron chi connectivity index (χ2n) is 4.97. The summed E-state index contributed by atoms with van der Waals surface area (Å²) in [6, 6.07) is 8.80. The Bertz CT molecular complexity index is 833. The minimum Gasteiger partial charge on any atom is -0.308 e. The Balaban J connectivity index is 1.45. The van der Waals surface area contributed by atoms with Gasteiger partial charge in [-0.15, -0.1) is 22.7 Å². The van der Waals surface area contributed by atoms with Gasteiger partial charge in [-0.25, -0.2) is 14.8 Å². The van der Waals surface area contributed by atoms with Crippen LogP contribution in [0.2, 0.25) is 0 Å². The van der Waals surface area contributed by atoms with E-state index in [2.05, 4.69) is 25.9 Å². The minimum absolute atomic E-state index is 0.112. The molecule has 7 nitrogen and oxygen atoms in total. The third kappa shape index (κ3) is 5.37. The number of carbonyl (C=O) groups excluding carboxylic acids is 2. The Morgan fingerprint density at radius 3 is 2.60 bits per heavy atom. The second kappa shape index (κ2) is 8.36. The average molecular weight is 373 g/mol. The summed E-state index contributed by atoms with van der Waals surface area (Å²) in [5.41, 5.74) is 1.46. The van der Waals surface area contributed by atoms with Crippen LogP contribution in [0.15, 0.2) is 47.3 Å². The molecule has 1 aromatic carbocycles. The summed E-state index contributed by atoms with van der Waals surface area (Å²) in [5.74, 6) is -0.112. The first-order chi connectivity index (χ1) is 12.2. The summed E-state index contributed by atoms with van der Waals surface area (Å²) in [6.07, 6.45) is 2.44. The SMILES string of the molecule is O=C(CCc1csc(NC(=O)Nc2ccccc2)n1)Nc1nccs1. The number of nitrogens with zero attached hydrogens (tertiary/aromatic N) is 2. The van der Waals surface area contributed by atoms with Crippen molar-refractivity contribution in [3.63, 3.8) is 0 Å². The molecule has 0 spiro atoms. The summed E-state index contributed by atoms with van der Waals surface area (Å²) < 4.78 is 0. The maximum Gasteiger partial charge on any atom is 0.325 e. The van der Waals surface area contributed by atoms with Gasteiger partial charge in [-0.05, 0) is 18.6 Å². The molecule has 0 aliphatic heterocycles. The first-order valence-corrected chi connectivity index (χ1v) is 9.22. The van der Waals surface area contributed by atoms with E-state index in [0.29, 0.717) is 28.8 Å². The van der Waals surface area contributed by atoms with Crippen molar-refractivity contribution in [2.45, 2.75) is 12.8 Å². The zero-order valence-corrected chi connectivity index (χ0v) is 14.7.